The summed E-state index contributed by atoms with van der Waals surface area (Å²) < 4.78 is 5.15. The van der Waals surface area contributed by atoms with Gasteiger partial charge < -0.3 is 15.6 Å². The van der Waals surface area contributed by atoms with Gasteiger partial charge in [-0.25, -0.2) is 0 Å². The molecule has 22 heavy (non-hydrogen) atoms. The van der Waals surface area contributed by atoms with Crippen LogP contribution < -0.4 is 11.1 Å². The molecule has 5 nitrogen and oxygen atoms in total. The number of nitrogens with zero attached hydrogens (tertiary/aromatic N) is 2. The lowest BCUT2D eigenvalue weighted by Gasteiger charge is -2.05. The van der Waals surface area contributed by atoms with Gasteiger partial charge in [0.25, 0.3) is 0 Å². The van der Waals surface area contributed by atoms with Gasteiger partial charge in [-0.3, -0.25) is 4.99 Å². The van der Waals surface area contributed by atoms with Gasteiger partial charge >= 0.3 is 0 Å². The number of nitrogens with one attached hydrogen (secondary N) is 1. The second kappa shape index (κ2) is 8.22. The Bertz CT molecular complexity index is 585. The summed E-state index contributed by atoms with van der Waals surface area (Å²) in [6.07, 6.45) is 2.79. The first kappa shape index (κ1) is 16.1. The number of aryl methyl sites for hydroxylation is 2. The molecule has 0 saturated heterocycles. The lowest BCUT2D eigenvalue weighted by atomic mass is 10.1. The van der Waals surface area contributed by atoms with Gasteiger partial charge in [-0.05, 0) is 38.7 Å². The normalized spacial score (nSPS) is 11.6. The average molecular weight is 300 g/mol. The van der Waals surface area contributed by atoms with E-state index in [1.807, 2.05) is 32.0 Å². The molecule has 0 aliphatic carbocycles. The van der Waals surface area contributed by atoms with E-state index in [0.717, 1.165) is 37.3 Å². The van der Waals surface area contributed by atoms with E-state index >= 15 is 0 Å². The Hall–Kier alpha value is -2.30. The van der Waals surface area contributed by atoms with Crippen LogP contribution in [0.15, 0.2) is 39.8 Å². The minimum Gasteiger partial charge on any atom is -0.370 e. The Morgan fingerprint density at radius 2 is 2.00 bits per heavy atom. The molecule has 1 aromatic heterocycles. The quantitative estimate of drug-likeness (QED) is 0.467. The topological polar surface area (TPSA) is 76.4 Å². The van der Waals surface area contributed by atoms with Crippen LogP contribution in [0.2, 0.25) is 0 Å². The number of rotatable bonds is 7. The second-order valence-electron chi connectivity index (χ2n) is 5.34. The molecule has 0 spiro atoms. The van der Waals surface area contributed by atoms with Gasteiger partial charge in [-0.15, -0.1) is 0 Å². The van der Waals surface area contributed by atoms with Crippen molar-refractivity contribution in [2.75, 3.05) is 13.1 Å². The highest BCUT2D eigenvalue weighted by atomic mass is 16.5. The third-order valence-corrected chi connectivity index (χ3v) is 3.61. The minimum atomic E-state index is 0.509. The fraction of sp³-hybridized carbons (Fsp3) is 0.412. The molecule has 0 aliphatic heterocycles. The van der Waals surface area contributed by atoms with E-state index in [1.54, 1.807) is 0 Å². The smallest absolute Gasteiger partial charge is 0.188 e. The molecule has 0 amide bonds. The highest BCUT2D eigenvalue weighted by molar-refractivity contribution is 5.77. The fourth-order valence-corrected chi connectivity index (χ4v) is 2.35. The summed E-state index contributed by atoms with van der Waals surface area (Å²) in [7, 11) is 0. The molecule has 0 atom stereocenters. The van der Waals surface area contributed by atoms with Crippen LogP contribution in [0.25, 0.3) is 0 Å². The highest BCUT2D eigenvalue weighted by Gasteiger charge is 2.07. The maximum atomic E-state index is 5.87. The Morgan fingerprint density at radius 1 is 1.23 bits per heavy atom. The van der Waals surface area contributed by atoms with Crippen molar-refractivity contribution in [3.8, 4) is 0 Å². The van der Waals surface area contributed by atoms with E-state index in [2.05, 4.69) is 27.6 Å². The van der Waals surface area contributed by atoms with Crippen LogP contribution in [0.5, 0.6) is 0 Å². The van der Waals surface area contributed by atoms with Crippen LogP contribution in [0, 0.1) is 13.8 Å². The minimum absolute atomic E-state index is 0.509. The summed E-state index contributed by atoms with van der Waals surface area (Å²) >= 11 is 0. The van der Waals surface area contributed by atoms with Crippen LogP contribution in [0.1, 0.15) is 29.0 Å². The predicted octanol–water partition coefficient (Wildman–Crippen LogP) is 2.37. The third kappa shape index (κ3) is 4.91. The van der Waals surface area contributed by atoms with Gasteiger partial charge in [0.1, 0.15) is 5.76 Å². The molecule has 118 valence electrons. The van der Waals surface area contributed by atoms with Crippen LogP contribution >= 0.6 is 0 Å². The number of guanidine groups is 1. The van der Waals surface area contributed by atoms with Crippen LogP contribution in [-0.4, -0.2) is 24.2 Å². The van der Waals surface area contributed by atoms with Crippen LogP contribution in [0.3, 0.4) is 0 Å². The van der Waals surface area contributed by atoms with Crippen molar-refractivity contribution >= 4 is 5.96 Å². The molecule has 0 bridgehead atoms. The van der Waals surface area contributed by atoms with Gasteiger partial charge in [-0.1, -0.05) is 35.5 Å². The summed E-state index contributed by atoms with van der Waals surface area (Å²) in [4.78, 5) is 4.35. The molecular weight excluding hydrogens is 276 g/mol. The van der Waals surface area contributed by atoms with Crippen molar-refractivity contribution in [2.45, 2.75) is 33.1 Å². The highest BCUT2D eigenvalue weighted by Crippen LogP contribution is 2.14. The van der Waals surface area contributed by atoms with Crippen molar-refractivity contribution in [2.24, 2.45) is 10.7 Å². The Kier molecular flexibility index (Phi) is 6.01. The number of hydrogen-bond donors (Lipinski definition) is 2. The molecule has 0 unspecified atom stereocenters. The molecule has 1 aromatic carbocycles. The zero-order chi connectivity index (χ0) is 15.8. The Labute approximate surface area is 131 Å². The molecule has 2 rings (SSSR count). The first-order valence-electron chi connectivity index (χ1n) is 7.66. The largest absolute Gasteiger partial charge is 0.370 e. The Morgan fingerprint density at radius 3 is 2.68 bits per heavy atom. The molecule has 1 heterocycles. The number of hydrogen-bond acceptors (Lipinski definition) is 3. The molecule has 2 aromatic rings. The maximum Gasteiger partial charge on any atom is 0.188 e. The van der Waals surface area contributed by atoms with Gasteiger partial charge in [-0.2, -0.15) is 0 Å². The van der Waals surface area contributed by atoms with Crippen LogP contribution in [-0.2, 0) is 12.8 Å². The van der Waals surface area contributed by atoms with Gasteiger partial charge in [0, 0.05) is 18.7 Å². The lowest BCUT2D eigenvalue weighted by molar-refractivity contribution is 0.392. The average Bonchev–Trinajstić information content (AvgIpc) is 2.84. The van der Waals surface area contributed by atoms with E-state index in [1.165, 1.54) is 11.1 Å². The second-order valence-corrected chi connectivity index (χ2v) is 5.34. The summed E-state index contributed by atoms with van der Waals surface area (Å²) in [6.45, 7) is 5.41. The number of aliphatic imine (C=N–C) groups is 1. The van der Waals surface area contributed by atoms with Crippen LogP contribution in [0.4, 0.5) is 0 Å². The summed E-state index contributed by atoms with van der Waals surface area (Å²) in [5, 5.41) is 7.10. The third-order valence-electron chi connectivity index (χ3n) is 3.61. The van der Waals surface area contributed by atoms with Crippen molar-refractivity contribution in [1.29, 1.82) is 0 Å². The van der Waals surface area contributed by atoms with Crippen molar-refractivity contribution < 1.29 is 4.52 Å². The van der Waals surface area contributed by atoms with E-state index in [-0.39, 0.29) is 0 Å². The number of benzene rings is 1. The summed E-state index contributed by atoms with van der Waals surface area (Å²) in [5.74, 6) is 1.41. The van der Waals surface area contributed by atoms with Crippen molar-refractivity contribution in [3.63, 3.8) is 0 Å². The van der Waals surface area contributed by atoms with E-state index in [0.29, 0.717) is 12.5 Å². The van der Waals surface area contributed by atoms with Crippen molar-refractivity contribution in [1.82, 2.24) is 10.5 Å². The van der Waals surface area contributed by atoms with Crippen molar-refractivity contribution in [3.05, 3.63) is 52.9 Å². The molecule has 0 radical (unpaired) electrons. The molecular formula is C17H24N4O. The first-order chi connectivity index (χ1) is 10.7. The lowest BCUT2D eigenvalue weighted by Crippen LogP contribution is -2.33. The zero-order valence-electron chi connectivity index (χ0n) is 13.3. The maximum absolute atomic E-state index is 5.87. The number of aromatic nitrogens is 1. The molecule has 0 saturated carbocycles. The predicted molar refractivity (Wildman–Crippen MR) is 88.9 cm³/mol. The van der Waals surface area contributed by atoms with E-state index < -0.39 is 0 Å². The van der Waals surface area contributed by atoms with Gasteiger partial charge in [0.2, 0.25) is 0 Å². The van der Waals surface area contributed by atoms with Gasteiger partial charge in [0.05, 0.1) is 5.69 Å². The fourth-order valence-electron chi connectivity index (χ4n) is 2.35. The monoisotopic (exact) mass is 300 g/mol. The first-order valence-corrected chi connectivity index (χ1v) is 7.66. The van der Waals surface area contributed by atoms with Gasteiger partial charge in [0.15, 0.2) is 5.96 Å². The SMILES string of the molecule is Cc1noc(C)c1CCCN=C(N)NCCc1ccccc1. The van der Waals surface area contributed by atoms with E-state index in [4.69, 9.17) is 10.3 Å². The molecule has 3 N–H and O–H groups in total. The zero-order valence-corrected chi connectivity index (χ0v) is 13.3. The van der Waals surface area contributed by atoms with E-state index in [9.17, 15) is 0 Å². The Balaban J connectivity index is 1.65. The molecule has 5 heteroatoms. The molecule has 0 aliphatic rings. The number of nitrogens with two attached hydrogens (primary N) is 1. The summed E-state index contributed by atoms with van der Waals surface area (Å²) in [5.41, 5.74) is 9.31. The summed E-state index contributed by atoms with van der Waals surface area (Å²) in [6, 6.07) is 10.3. The molecule has 0 fully saturated rings. The standard InChI is InChI=1S/C17H24N4O/c1-13-16(14(2)22-21-13)9-6-11-19-17(18)20-12-10-15-7-4-3-5-8-15/h3-5,7-8H,6,9-12H2,1-2H3,(H3,18,19,20).